The van der Waals surface area contributed by atoms with Gasteiger partial charge in [-0.2, -0.15) is 0 Å². The first kappa shape index (κ1) is 18.5. The number of rotatable bonds is 7. The van der Waals surface area contributed by atoms with Gasteiger partial charge in [0.1, 0.15) is 0 Å². The van der Waals surface area contributed by atoms with Crippen molar-refractivity contribution in [1.29, 1.82) is 0 Å². The van der Waals surface area contributed by atoms with Crippen molar-refractivity contribution in [2.45, 2.75) is 12.8 Å². The van der Waals surface area contributed by atoms with Crippen LogP contribution >= 0.6 is 11.6 Å². The maximum Gasteiger partial charge on any atom is 0.214 e. The monoisotopic (exact) mass is 371 g/mol. The average Bonchev–Trinajstić information content (AvgIpc) is 2.70. The van der Waals surface area contributed by atoms with Crippen LogP contribution in [-0.2, 0) is 4.79 Å². The molecule has 1 aromatic carbocycles. The molecule has 0 radical (unpaired) electrons. The fourth-order valence-electron chi connectivity index (χ4n) is 3.28. The van der Waals surface area contributed by atoms with Crippen LogP contribution in [0.5, 0.6) is 0 Å². The maximum atomic E-state index is 12.6. The lowest BCUT2D eigenvalue weighted by Gasteiger charge is -2.32. The standard InChI is InChI=1S/C20H22ClN3O2/c21-18-5-3-16(4-6-18)20(26)17-7-10-23(11-8-17)12-13-24(15-25)19-2-1-9-22-14-19/h1-6,9,14-15,17H,7-8,10-13H2. The largest absolute Gasteiger partial charge is 0.312 e. The molecule has 2 aromatic rings. The van der Waals surface area contributed by atoms with E-state index in [1.807, 2.05) is 12.1 Å². The predicted molar refractivity (Wildman–Crippen MR) is 103 cm³/mol. The lowest BCUT2D eigenvalue weighted by atomic mass is 9.89. The van der Waals surface area contributed by atoms with Crippen molar-refractivity contribution in [3.8, 4) is 0 Å². The van der Waals surface area contributed by atoms with Crippen LogP contribution in [0.4, 0.5) is 5.69 Å². The fraction of sp³-hybridized carbons (Fsp3) is 0.350. The number of hydrogen-bond donors (Lipinski definition) is 0. The van der Waals surface area contributed by atoms with Gasteiger partial charge in [-0.3, -0.25) is 14.6 Å². The number of piperidine rings is 1. The van der Waals surface area contributed by atoms with Crippen molar-refractivity contribution >= 4 is 29.5 Å². The molecule has 6 heteroatoms. The molecule has 3 rings (SSSR count). The molecule has 0 spiro atoms. The molecule has 0 bridgehead atoms. The Morgan fingerprint density at radius 3 is 2.58 bits per heavy atom. The summed E-state index contributed by atoms with van der Waals surface area (Å²) in [6.07, 6.45) is 5.90. The van der Waals surface area contributed by atoms with Crippen LogP contribution in [0.3, 0.4) is 0 Å². The number of pyridine rings is 1. The first-order chi connectivity index (χ1) is 12.7. The lowest BCUT2D eigenvalue weighted by molar-refractivity contribution is -0.107. The van der Waals surface area contributed by atoms with Gasteiger partial charge in [0.2, 0.25) is 6.41 Å². The van der Waals surface area contributed by atoms with E-state index in [2.05, 4.69) is 9.88 Å². The molecule has 1 aliphatic rings. The molecule has 1 amide bonds. The Hall–Kier alpha value is -2.24. The van der Waals surface area contributed by atoms with Crippen LogP contribution in [0.1, 0.15) is 23.2 Å². The third-order valence-electron chi connectivity index (χ3n) is 4.85. The van der Waals surface area contributed by atoms with E-state index in [1.54, 1.807) is 41.6 Å². The molecule has 1 aliphatic heterocycles. The van der Waals surface area contributed by atoms with Gasteiger partial charge in [0.25, 0.3) is 0 Å². The zero-order chi connectivity index (χ0) is 18.4. The molecule has 1 saturated heterocycles. The number of anilines is 1. The normalized spacial score (nSPS) is 15.6. The molecular weight excluding hydrogens is 350 g/mol. The number of nitrogens with zero attached hydrogens (tertiary/aromatic N) is 3. The minimum atomic E-state index is 0.0629. The van der Waals surface area contributed by atoms with E-state index in [0.29, 0.717) is 11.6 Å². The number of carbonyl (C=O) groups excluding carboxylic acids is 2. The summed E-state index contributed by atoms with van der Waals surface area (Å²) in [5.41, 5.74) is 1.53. The maximum absolute atomic E-state index is 12.6. The summed E-state index contributed by atoms with van der Waals surface area (Å²) in [6.45, 7) is 3.13. The number of aromatic nitrogens is 1. The highest BCUT2D eigenvalue weighted by atomic mass is 35.5. The van der Waals surface area contributed by atoms with E-state index in [4.69, 9.17) is 11.6 Å². The summed E-state index contributed by atoms with van der Waals surface area (Å²) >= 11 is 5.89. The van der Waals surface area contributed by atoms with Gasteiger partial charge in [-0.05, 0) is 62.3 Å². The van der Waals surface area contributed by atoms with Crippen LogP contribution < -0.4 is 4.90 Å². The molecule has 2 heterocycles. The molecule has 136 valence electrons. The highest BCUT2D eigenvalue weighted by Gasteiger charge is 2.25. The number of hydrogen-bond acceptors (Lipinski definition) is 4. The van der Waals surface area contributed by atoms with E-state index < -0.39 is 0 Å². The number of Topliss-reactive ketones (excluding diaryl/α,β-unsaturated/α-hetero) is 1. The minimum absolute atomic E-state index is 0.0629. The molecule has 26 heavy (non-hydrogen) atoms. The number of halogens is 1. The lowest BCUT2D eigenvalue weighted by Crippen LogP contribution is -2.41. The van der Waals surface area contributed by atoms with Crippen molar-refractivity contribution in [3.05, 3.63) is 59.4 Å². The zero-order valence-electron chi connectivity index (χ0n) is 14.6. The second kappa shape index (κ2) is 8.92. The fourth-order valence-corrected chi connectivity index (χ4v) is 3.41. The molecular formula is C20H22ClN3O2. The van der Waals surface area contributed by atoms with Gasteiger partial charge in [0.05, 0.1) is 11.9 Å². The van der Waals surface area contributed by atoms with Crippen molar-refractivity contribution < 1.29 is 9.59 Å². The van der Waals surface area contributed by atoms with E-state index in [0.717, 1.165) is 50.1 Å². The average molecular weight is 372 g/mol. The number of likely N-dealkylation sites (tertiary alicyclic amines) is 1. The van der Waals surface area contributed by atoms with Crippen molar-refractivity contribution in [3.63, 3.8) is 0 Å². The molecule has 0 saturated carbocycles. The highest BCUT2D eigenvalue weighted by molar-refractivity contribution is 6.30. The Labute approximate surface area is 158 Å². The predicted octanol–water partition coefficient (Wildman–Crippen LogP) is 3.29. The van der Waals surface area contributed by atoms with Crippen molar-refractivity contribution in [2.75, 3.05) is 31.1 Å². The summed E-state index contributed by atoms with van der Waals surface area (Å²) in [4.78, 5) is 31.9. The van der Waals surface area contributed by atoms with Gasteiger partial charge in [-0.25, -0.2) is 0 Å². The van der Waals surface area contributed by atoms with Gasteiger partial charge in [-0.15, -0.1) is 0 Å². The highest BCUT2D eigenvalue weighted by Crippen LogP contribution is 2.23. The Bertz CT molecular complexity index is 728. The molecule has 0 atom stereocenters. The van der Waals surface area contributed by atoms with Gasteiger partial charge in [0, 0.05) is 35.8 Å². The van der Waals surface area contributed by atoms with Crippen LogP contribution in [0.15, 0.2) is 48.8 Å². The smallest absolute Gasteiger partial charge is 0.214 e. The summed E-state index contributed by atoms with van der Waals surface area (Å²) < 4.78 is 0. The van der Waals surface area contributed by atoms with Crippen LogP contribution in [0, 0.1) is 5.92 Å². The minimum Gasteiger partial charge on any atom is -0.312 e. The Morgan fingerprint density at radius 1 is 1.23 bits per heavy atom. The van der Waals surface area contributed by atoms with E-state index >= 15 is 0 Å². The number of benzene rings is 1. The topological polar surface area (TPSA) is 53.5 Å². The van der Waals surface area contributed by atoms with Crippen LogP contribution in [0.25, 0.3) is 0 Å². The van der Waals surface area contributed by atoms with Gasteiger partial charge < -0.3 is 9.80 Å². The molecule has 5 nitrogen and oxygen atoms in total. The van der Waals surface area contributed by atoms with E-state index in [1.165, 1.54) is 0 Å². The van der Waals surface area contributed by atoms with Gasteiger partial charge >= 0.3 is 0 Å². The van der Waals surface area contributed by atoms with Crippen molar-refractivity contribution in [2.24, 2.45) is 5.92 Å². The van der Waals surface area contributed by atoms with Crippen LogP contribution in [-0.4, -0.2) is 48.3 Å². The number of ketones is 1. The second-order valence-electron chi connectivity index (χ2n) is 6.50. The summed E-state index contributed by atoms with van der Waals surface area (Å²) in [7, 11) is 0. The SMILES string of the molecule is O=CN(CCN1CCC(C(=O)c2ccc(Cl)cc2)CC1)c1cccnc1. The van der Waals surface area contributed by atoms with Gasteiger partial charge in [-0.1, -0.05) is 11.6 Å². The van der Waals surface area contributed by atoms with Gasteiger partial charge in [0.15, 0.2) is 5.78 Å². The van der Waals surface area contributed by atoms with Crippen molar-refractivity contribution in [1.82, 2.24) is 9.88 Å². The third kappa shape index (κ3) is 4.68. The summed E-state index contributed by atoms with van der Waals surface area (Å²) in [5.74, 6) is 0.263. The quantitative estimate of drug-likeness (QED) is 0.553. The Balaban J connectivity index is 1.48. The molecule has 0 aliphatic carbocycles. The molecule has 0 N–H and O–H groups in total. The Kier molecular flexibility index (Phi) is 6.36. The third-order valence-corrected chi connectivity index (χ3v) is 5.10. The van der Waals surface area contributed by atoms with Crippen LogP contribution in [0.2, 0.25) is 5.02 Å². The molecule has 1 aromatic heterocycles. The zero-order valence-corrected chi connectivity index (χ0v) is 15.3. The van der Waals surface area contributed by atoms with E-state index in [-0.39, 0.29) is 11.7 Å². The first-order valence-corrected chi connectivity index (χ1v) is 9.19. The molecule has 1 fully saturated rings. The molecule has 0 unspecified atom stereocenters. The number of carbonyl (C=O) groups is 2. The second-order valence-corrected chi connectivity index (χ2v) is 6.93. The van der Waals surface area contributed by atoms with E-state index in [9.17, 15) is 9.59 Å². The number of amides is 1. The summed E-state index contributed by atoms with van der Waals surface area (Å²) in [6, 6.07) is 10.8. The Morgan fingerprint density at radius 2 is 1.96 bits per heavy atom. The first-order valence-electron chi connectivity index (χ1n) is 8.81. The summed E-state index contributed by atoms with van der Waals surface area (Å²) in [5, 5.41) is 0.643.